The number of hydrogen-bond acceptors (Lipinski definition) is 6. The summed E-state index contributed by atoms with van der Waals surface area (Å²) in [5, 5.41) is 0.252. The van der Waals surface area contributed by atoms with Crippen LogP contribution in [0.1, 0.15) is 0 Å². The van der Waals surface area contributed by atoms with Crippen molar-refractivity contribution in [1.82, 2.24) is 19.5 Å². The van der Waals surface area contributed by atoms with Gasteiger partial charge >= 0.3 is 0 Å². The van der Waals surface area contributed by atoms with Crippen LogP contribution in [0.25, 0.3) is 21.4 Å². The molecule has 0 spiro atoms. The van der Waals surface area contributed by atoms with Crippen molar-refractivity contribution in [1.29, 1.82) is 0 Å². The molecule has 0 aliphatic rings. The largest absolute Gasteiger partial charge is 0.332 e. The summed E-state index contributed by atoms with van der Waals surface area (Å²) in [5.41, 5.74) is 1.73. The van der Waals surface area contributed by atoms with Gasteiger partial charge in [0, 0.05) is 13.3 Å². The second-order valence-electron chi connectivity index (χ2n) is 3.86. The molecule has 3 rings (SSSR count). The highest BCUT2D eigenvalue weighted by Gasteiger charge is 2.19. The van der Waals surface area contributed by atoms with Crippen LogP contribution in [0, 0.1) is 0 Å². The van der Waals surface area contributed by atoms with Crippen molar-refractivity contribution >= 4 is 54.2 Å². The molecule has 0 aliphatic carbocycles. The minimum atomic E-state index is -3.35. The minimum Gasteiger partial charge on any atom is -0.332 e. The summed E-state index contributed by atoms with van der Waals surface area (Å²) in [6.07, 6.45) is 2.71. The fourth-order valence-electron chi connectivity index (χ4n) is 1.68. The van der Waals surface area contributed by atoms with Crippen molar-refractivity contribution in [3.63, 3.8) is 0 Å². The van der Waals surface area contributed by atoms with Gasteiger partial charge in [-0.3, -0.25) is 0 Å². The van der Waals surface area contributed by atoms with E-state index in [9.17, 15) is 8.42 Å². The van der Waals surface area contributed by atoms with Crippen LogP contribution in [0.3, 0.4) is 0 Å². The van der Waals surface area contributed by atoms with Crippen molar-refractivity contribution in [2.24, 2.45) is 7.05 Å². The molecule has 3 aromatic heterocycles. The standard InChI is InChI=1S/C9H7ClN4O2S2/c1-14-3-11-4-6(14)5-8(13-7(4)10)17-9(12-5)18(2,15)16/h3H,1-2H3. The molecular weight excluding hydrogens is 296 g/mol. The summed E-state index contributed by atoms with van der Waals surface area (Å²) in [6, 6.07) is 0. The Morgan fingerprint density at radius 2 is 2.06 bits per heavy atom. The van der Waals surface area contributed by atoms with E-state index in [2.05, 4.69) is 15.0 Å². The fraction of sp³-hybridized carbons (Fsp3) is 0.222. The molecule has 0 unspecified atom stereocenters. The van der Waals surface area contributed by atoms with E-state index in [1.165, 1.54) is 0 Å². The molecule has 0 N–H and O–H groups in total. The van der Waals surface area contributed by atoms with Crippen LogP contribution in [-0.2, 0) is 16.9 Å². The molecule has 94 valence electrons. The molecule has 3 aromatic rings. The molecular formula is C9H7ClN4O2S2. The first-order valence-electron chi connectivity index (χ1n) is 4.85. The van der Waals surface area contributed by atoms with Gasteiger partial charge < -0.3 is 4.57 Å². The van der Waals surface area contributed by atoms with Crippen molar-refractivity contribution < 1.29 is 8.42 Å². The number of imidazole rings is 1. The van der Waals surface area contributed by atoms with Crippen molar-refractivity contribution in [3.05, 3.63) is 11.5 Å². The van der Waals surface area contributed by atoms with Crippen LogP contribution in [0.5, 0.6) is 0 Å². The van der Waals surface area contributed by atoms with Gasteiger partial charge in [0.2, 0.25) is 14.2 Å². The molecule has 0 saturated heterocycles. The topological polar surface area (TPSA) is 77.7 Å². The highest BCUT2D eigenvalue weighted by Crippen LogP contribution is 2.32. The highest BCUT2D eigenvalue weighted by molar-refractivity contribution is 7.92. The van der Waals surface area contributed by atoms with E-state index in [4.69, 9.17) is 11.6 Å². The minimum absolute atomic E-state index is 0.0368. The van der Waals surface area contributed by atoms with Gasteiger partial charge in [-0.1, -0.05) is 22.9 Å². The van der Waals surface area contributed by atoms with Crippen molar-refractivity contribution in [3.8, 4) is 0 Å². The average Bonchev–Trinajstić information content (AvgIpc) is 2.81. The molecule has 0 aromatic carbocycles. The average molecular weight is 303 g/mol. The lowest BCUT2D eigenvalue weighted by Crippen LogP contribution is -1.95. The van der Waals surface area contributed by atoms with E-state index in [1.54, 1.807) is 17.9 Å². The summed E-state index contributed by atoms with van der Waals surface area (Å²) in [7, 11) is -1.55. The zero-order valence-corrected chi connectivity index (χ0v) is 11.8. The normalized spacial score (nSPS) is 12.6. The number of thiazole rings is 1. The number of nitrogens with zero attached hydrogens (tertiary/aromatic N) is 4. The van der Waals surface area contributed by atoms with Crippen LogP contribution in [-0.4, -0.2) is 34.2 Å². The molecule has 0 atom stereocenters. The highest BCUT2D eigenvalue weighted by atomic mass is 35.5. The van der Waals surface area contributed by atoms with Gasteiger partial charge in [-0.05, 0) is 0 Å². The molecule has 18 heavy (non-hydrogen) atoms. The molecule has 9 heteroatoms. The lowest BCUT2D eigenvalue weighted by Gasteiger charge is -1.96. The van der Waals surface area contributed by atoms with Crippen LogP contribution >= 0.6 is 22.9 Å². The molecule has 0 fully saturated rings. The third kappa shape index (κ3) is 1.60. The van der Waals surface area contributed by atoms with Gasteiger partial charge in [0.1, 0.15) is 21.4 Å². The summed E-state index contributed by atoms with van der Waals surface area (Å²) < 4.78 is 24.8. The van der Waals surface area contributed by atoms with Gasteiger partial charge in [-0.2, -0.15) is 0 Å². The third-order valence-corrected chi connectivity index (χ3v) is 5.35. The number of fused-ring (bicyclic) bond motifs is 3. The number of aryl methyl sites for hydroxylation is 1. The first-order valence-corrected chi connectivity index (χ1v) is 7.93. The number of sulfone groups is 1. The predicted octanol–water partition coefficient (Wildman–Crippen LogP) is 1.63. The van der Waals surface area contributed by atoms with E-state index in [0.717, 1.165) is 17.6 Å². The van der Waals surface area contributed by atoms with Gasteiger partial charge in [-0.15, -0.1) is 0 Å². The number of hydrogen-bond donors (Lipinski definition) is 0. The second-order valence-corrected chi connectivity index (χ2v) is 7.39. The first-order chi connectivity index (χ1) is 8.38. The number of pyridine rings is 1. The molecule has 0 bridgehead atoms. The Balaban J connectivity index is 2.54. The third-order valence-electron chi connectivity index (χ3n) is 2.46. The molecule has 0 amide bonds. The van der Waals surface area contributed by atoms with Gasteiger partial charge in [-0.25, -0.2) is 23.4 Å². The monoisotopic (exact) mass is 302 g/mol. The Bertz CT molecular complexity index is 881. The SMILES string of the molecule is Cn1cnc2c(Cl)nc3sc(S(C)(=O)=O)nc3c21. The Morgan fingerprint density at radius 1 is 1.33 bits per heavy atom. The summed E-state index contributed by atoms with van der Waals surface area (Å²) in [5.74, 6) is 0. The number of rotatable bonds is 1. The smallest absolute Gasteiger partial charge is 0.211 e. The van der Waals surface area contributed by atoms with Gasteiger partial charge in [0.05, 0.1) is 6.33 Å². The summed E-state index contributed by atoms with van der Waals surface area (Å²) in [6.45, 7) is 0. The van der Waals surface area contributed by atoms with E-state index in [1.807, 2.05) is 0 Å². The Labute approximate surface area is 111 Å². The lowest BCUT2D eigenvalue weighted by atomic mass is 10.4. The summed E-state index contributed by atoms with van der Waals surface area (Å²) >= 11 is 7.02. The second kappa shape index (κ2) is 3.62. The van der Waals surface area contributed by atoms with Crippen LogP contribution in [0.15, 0.2) is 10.7 Å². The van der Waals surface area contributed by atoms with E-state index in [-0.39, 0.29) is 9.49 Å². The summed E-state index contributed by atoms with van der Waals surface area (Å²) in [4.78, 5) is 12.9. The van der Waals surface area contributed by atoms with E-state index >= 15 is 0 Å². The molecule has 0 aliphatic heterocycles. The maximum atomic E-state index is 11.5. The zero-order valence-electron chi connectivity index (χ0n) is 9.38. The molecule has 0 radical (unpaired) electrons. The van der Waals surface area contributed by atoms with Crippen LogP contribution in [0.4, 0.5) is 0 Å². The first kappa shape index (κ1) is 11.8. The van der Waals surface area contributed by atoms with E-state index in [0.29, 0.717) is 21.4 Å². The maximum Gasteiger partial charge on any atom is 0.211 e. The number of aromatic nitrogens is 4. The Morgan fingerprint density at radius 3 is 2.72 bits per heavy atom. The zero-order chi connectivity index (χ0) is 13.1. The van der Waals surface area contributed by atoms with Gasteiger partial charge in [0.25, 0.3) is 0 Å². The molecule has 6 nitrogen and oxygen atoms in total. The van der Waals surface area contributed by atoms with Crippen molar-refractivity contribution in [2.75, 3.05) is 6.26 Å². The predicted molar refractivity (Wildman–Crippen MR) is 69.8 cm³/mol. The van der Waals surface area contributed by atoms with E-state index < -0.39 is 9.84 Å². The fourth-order valence-corrected chi connectivity index (χ4v) is 3.73. The molecule has 3 heterocycles. The number of halogens is 1. The van der Waals surface area contributed by atoms with Crippen LogP contribution < -0.4 is 0 Å². The molecule has 0 saturated carbocycles. The Kier molecular flexibility index (Phi) is 2.38. The van der Waals surface area contributed by atoms with Crippen LogP contribution in [0.2, 0.25) is 5.15 Å². The lowest BCUT2D eigenvalue weighted by molar-refractivity contribution is 0.601. The Hall–Kier alpha value is -1.25. The van der Waals surface area contributed by atoms with Crippen molar-refractivity contribution in [2.45, 2.75) is 4.34 Å². The van der Waals surface area contributed by atoms with Gasteiger partial charge in [0.15, 0.2) is 5.15 Å². The maximum absolute atomic E-state index is 11.5. The quantitative estimate of drug-likeness (QED) is 0.639.